The number of alkyl halides is 3. The van der Waals surface area contributed by atoms with E-state index in [9.17, 15) is 21.6 Å². The first kappa shape index (κ1) is 19.2. The van der Waals surface area contributed by atoms with Gasteiger partial charge in [0.1, 0.15) is 16.3 Å². The molecule has 25 heavy (non-hydrogen) atoms. The number of rotatable bonds is 4. The molecule has 0 bridgehead atoms. The molecule has 2 aromatic heterocycles. The monoisotopic (exact) mass is 379 g/mol. The van der Waals surface area contributed by atoms with Crippen LogP contribution in [0.3, 0.4) is 0 Å². The van der Waals surface area contributed by atoms with Gasteiger partial charge in [0.25, 0.3) is 0 Å². The fraction of sp³-hybridized carbons (Fsp3) is 0.500. The minimum absolute atomic E-state index is 0.0156. The normalized spacial score (nSPS) is 13.1. The van der Waals surface area contributed by atoms with E-state index in [2.05, 4.69) is 19.9 Å². The van der Waals surface area contributed by atoms with Crippen molar-refractivity contribution in [3.8, 4) is 17.3 Å². The predicted octanol–water partition coefficient (Wildman–Crippen LogP) is 2.77. The molecule has 0 N–H and O–H groups in total. The SMILES string of the molecule is CC(C)(C)c1nc(-c2cc(OCC(F)(F)F)c(S(C)(=O)=O)cn2)no1. The quantitative estimate of drug-likeness (QED) is 0.806. The Hall–Kier alpha value is -2.17. The van der Waals surface area contributed by atoms with Gasteiger partial charge in [-0.25, -0.2) is 8.42 Å². The van der Waals surface area contributed by atoms with E-state index in [0.29, 0.717) is 5.89 Å². The van der Waals surface area contributed by atoms with Gasteiger partial charge in [0.15, 0.2) is 16.4 Å². The van der Waals surface area contributed by atoms with E-state index < -0.39 is 38.7 Å². The van der Waals surface area contributed by atoms with Crippen molar-refractivity contribution >= 4 is 9.84 Å². The van der Waals surface area contributed by atoms with Gasteiger partial charge in [-0.3, -0.25) is 4.98 Å². The van der Waals surface area contributed by atoms with Crippen molar-refractivity contribution in [2.45, 2.75) is 37.3 Å². The maximum atomic E-state index is 12.4. The van der Waals surface area contributed by atoms with Crippen molar-refractivity contribution < 1.29 is 30.8 Å². The summed E-state index contributed by atoms with van der Waals surface area (Å²) in [5, 5.41) is 3.72. The molecule has 0 aliphatic rings. The first-order chi connectivity index (χ1) is 11.3. The minimum atomic E-state index is -4.62. The van der Waals surface area contributed by atoms with Crippen molar-refractivity contribution in [3.63, 3.8) is 0 Å². The number of ether oxygens (including phenoxy) is 1. The summed E-state index contributed by atoms with van der Waals surface area (Å²) in [6.07, 6.45) is -2.87. The van der Waals surface area contributed by atoms with E-state index in [1.165, 1.54) is 0 Å². The van der Waals surface area contributed by atoms with Crippen LogP contribution in [-0.2, 0) is 15.3 Å². The second-order valence-corrected chi connectivity index (χ2v) is 8.35. The van der Waals surface area contributed by atoms with E-state index in [1.54, 1.807) is 0 Å². The van der Waals surface area contributed by atoms with E-state index in [0.717, 1.165) is 18.5 Å². The van der Waals surface area contributed by atoms with Crippen LogP contribution in [-0.4, -0.2) is 42.6 Å². The second-order valence-electron chi connectivity index (χ2n) is 6.37. The Labute approximate surface area is 142 Å². The summed E-state index contributed by atoms with van der Waals surface area (Å²) in [6, 6.07) is 1.04. The van der Waals surface area contributed by atoms with Crippen LogP contribution in [0.5, 0.6) is 5.75 Å². The number of aromatic nitrogens is 3. The largest absolute Gasteiger partial charge is 0.483 e. The first-order valence-corrected chi connectivity index (χ1v) is 8.91. The summed E-state index contributed by atoms with van der Waals surface area (Å²) >= 11 is 0. The number of sulfone groups is 1. The van der Waals surface area contributed by atoms with Gasteiger partial charge in [-0.2, -0.15) is 18.2 Å². The summed E-state index contributed by atoms with van der Waals surface area (Å²) < 4.78 is 70.3. The molecule has 2 rings (SSSR count). The highest BCUT2D eigenvalue weighted by Crippen LogP contribution is 2.30. The fourth-order valence-electron chi connectivity index (χ4n) is 1.73. The predicted molar refractivity (Wildman–Crippen MR) is 80.9 cm³/mol. The van der Waals surface area contributed by atoms with Crippen molar-refractivity contribution in [3.05, 3.63) is 18.2 Å². The fourth-order valence-corrected chi connectivity index (χ4v) is 2.46. The number of hydrogen-bond acceptors (Lipinski definition) is 7. The molecule has 0 radical (unpaired) electrons. The third-order valence-corrected chi connectivity index (χ3v) is 4.02. The Kier molecular flexibility index (Phi) is 4.81. The molecule has 0 aliphatic heterocycles. The zero-order valence-electron chi connectivity index (χ0n) is 13.9. The number of halogens is 3. The van der Waals surface area contributed by atoms with Crippen LogP contribution in [0.1, 0.15) is 26.7 Å². The standard InChI is InChI=1S/C14H16F3N3O4S/c1-13(2,3)12-19-11(20-24-12)8-5-9(23-7-14(15,16)17)10(6-18-8)25(4,21)22/h5-6H,7H2,1-4H3. The molecular weight excluding hydrogens is 363 g/mol. The summed E-state index contributed by atoms with van der Waals surface area (Å²) in [7, 11) is -3.84. The van der Waals surface area contributed by atoms with Crippen molar-refractivity contribution in [1.29, 1.82) is 0 Å². The maximum absolute atomic E-state index is 12.4. The minimum Gasteiger partial charge on any atom is -0.483 e. The van der Waals surface area contributed by atoms with E-state index >= 15 is 0 Å². The average molecular weight is 379 g/mol. The van der Waals surface area contributed by atoms with Crippen LogP contribution in [0.4, 0.5) is 13.2 Å². The number of hydrogen-bond donors (Lipinski definition) is 0. The van der Waals surface area contributed by atoms with Gasteiger partial charge in [0.2, 0.25) is 11.7 Å². The highest BCUT2D eigenvalue weighted by Gasteiger charge is 2.30. The molecule has 0 aromatic carbocycles. The van der Waals surface area contributed by atoms with E-state index in [4.69, 9.17) is 4.52 Å². The molecule has 0 aliphatic carbocycles. The Morgan fingerprint density at radius 1 is 1.24 bits per heavy atom. The first-order valence-electron chi connectivity index (χ1n) is 7.01. The second kappa shape index (κ2) is 6.28. The maximum Gasteiger partial charge on any atom is 0.422 e. The molecule has 0 saturated heterocycles. The highest BCUT2D eigenvalue weighted by molar-refractivity contribution is 7.90. The van der Waals surface area contributed by atoms with Crippen LogP contribution in [0, 0.1) is 0 Å². The lowest BCUT2D eigenvalue weighted by molar-refractivity contribution is -0.153. The molecule has 11 heteroatoms. The van der Waals surface area contributed by atoms with Gasteiger partial charge in [-0.05, 0) is 0 Å². The lowest BCUT2D eigenvalue weighted by Gasteiger charge is -2.12. The zero-order valence-corrected chi connectivity index (χ0v) is 14.7. The van der Waals surface area contributed by atoms with Crippen molar-refractivity contribution in [2.24, 2.45) is 0 Å². The van der Waals surface area contributed by atoms with Crippen LogP contribution < -0.4 is 4.74 Å². The summed E-state index contributed by atoms with van der Waals surface area (Å²) in [5.41, 5.74) is -0.406. The molecule has 0 atom stereocenters. The van der Waals surface area contributed by atoms with Crippen LogP contribution in [0.25, 0.3) is 11.5 Å². The Bertz CT molecular complexity index is 870. The lowest BCUT2D eigenvalue weighted by atomic mass is 9.97. The summed E-state index contributed by atoms with van der Waals surface area (Å²) in [5.74, 6) is -0.164. The molecule has 2 heterocycles. The van der Waals surface area contributed by atoms with Crippen LogP contribution >= 0.6 is 0 Å². The van der Waals surface area contributed by atoms with Crippen LogP contribution in [0.15, 0.2) is 21.7 Å². The molecular formula is C14H16F3N3O4S. The lowest BCUT2D eigenvalue weighted by Crippen LogP contribution is -2.20. The molecule has 0 fully saturated rings. The van der Waals surface area contributed by atoms with Gasteiger partial charge < -0.3 is 9.26 Å². The highest BCUT2D eigenvalue weighted by atomic mass is 32.2. The van der Waals surface area contributed by atoms with Crippen LogP contribution in [0.2, 0.25) is 0 Å². The molecule has 138 valence electrons. The van der Waals surface area contributed by atoms with Gasteiger partial charge in [0.05, 0.1) is 6.20 Å². The third-order valence-electron chi connectivity index (χ3n) is 2.92. The van der Waals surface area contributed by atoms with E-state index in [-0.39, 0.29) is 11.5 Å². The Morgan fingerprint density at radius 2 is 1.88 bits per heavy atom. The van der Waals surface area contributed by atoms with Gasteiger partial charge >= 0.3 is 6.18 Å². The third kappa shape index (κ3) is 4.91. The molecule has 0 unspecified atom stereocenters. The van der Waals surface area contributed by atoms with E-state index in [1.807, 2.05) is 20.8 Å². The molecule has 7 nitrogen and oxygen atoms in total. The topological polar surface area (TPSA) is 95.2 Å². The average Bonchev–Trinajstić information content (AvgIpc) is 2.92. The van der Waals surface area contributed by atoms with Gasteiger partial charge in [-0.1, -0.05) is 25.9 Å². The number of pyridine rings is 1. The Morgan fingerprint density at radius 3 is 2.36 bits per heavy atom. The van der Waals surface area contributed by atoms with Gasteiger partial charge in [0, 0.05) is 17.7 Å². The summed E-state index contributed by atoms with van der Waals surface area (Å²) in [4.78, 5) is 7.56. The number of nitrogens with zero attached hydrogens (tertiary/aromatic N) is 3. The Balaban J connectivity index is 2.46. The molecule has 0 saturated carbocycles. The van der Waals surface area contributed by atoms with Gasteiger partial charge in [-0.15, -0.1) is 0 Å². The smallest absolute Gasteiger partial charge is 0.422 e. The van der Waals surface area contributed by atoms with Crippen molar-refractivity contribution in [2.75, 3.05) is 12.9 Å². The summed E-state index contributed by atoms with van der Waals surface area (Å²) in [6.45, 7) is 3.87. The van der Waals surface area contributed by atoms with Crippen molar-refractivity contribution in [1.82, 2.24) is 15.1 Å². The molecule has 0 spiro atoms. The molecule has 0 amide bonds. The zero-order chi connectivity index (χ0) is 19.0. The molecule has 2 aromatic rings.